The monoisotopic (exact) mass is 582 g/mol. The summed E-state index contributed by atoms with van der Waals surface area (Å²) in [5, 5.41) is 6.60. The molecule has 43 heavy (non-hydrogen) atoms. The maximum atomic E-state index is 13.4. The third kappa shape index (κ3) is 6.67. The van der Waals surface area contributed by atoms with Gasteiger partial charge in [-0.05, 0) is 114 Å². The predicted octanol–water partition coefficient (Wildman–Crippen LogP) is 6.96. The van der Waals surface area contributed by atoms with Crippen molar-refractivity contribution in [3.63, 3.8) is 0 Å². The van der Waals surface area contributed by atoms with Gasteiger partial charge < -0.3 is 34.3 Å². The van der Waals surface area contributed by atoms with E-state index < -0.39 is 6.03 Å². The third-order valence-corrected chi connectivity index (χ3v) is 7.48. The lowest BCUT2D eigenvalue weighted by Gasteiger charge is -2.11. The summed E-state index contributed by atoms with van der Waals surface area (Å²) < 4.78 is 19.4. The fourth-order valence-electron chi connectivity index (χ4n) is 5.25. The Morgan fingerprint density at radius 3 is 2.42 bits per heavy atom. The number of nitrogens with one attached hydrogen (secondary N) is 2. The van der Waals surface area contributed by atoms with Gasteiger partial charge in [0.1, 0.15) is 17.2 Å². The zero-order chi connectivity index (χ0) is 30.5. The zero-order valence-electron chi connectivity index (χ0n) is 25.3. The molecule has 224 valence electrons. The van der Waals surface area contributed by atoms with Gasteiger partial charge in [0.2, 0.25) is 5.78 Å². The highest BCUT2D eigenvalue weighted by Gasteiger charge is 2.29. The first kappa shape index (κ1) is 29.7. The minimum absolute atomic E-state index is 0.234. The molecular weight excluding hydrogens is 544 g/mol. The van der Waals surface area contributed by atoms with E-state index in [-0.39, 0.29) is 11.5 Å². The zero-order valence-corrected chi connectivity index (χ0v) is 25.3. The van der Waals surface area contributed by atoms with E-state index in [1.165, 1.54) is 0 Å². The lowest BCUT2D eigenvalue weighted by atomic mass is 10.1. The summed E-state index contributed by atoms with van der Waals surface area (Å²) in [5.74, 6) is 1.94. The average Bonchev–Trinajstić information content (AvgIpc) is 3.45. The van der Waals surface area contributed by atoms with E-state index >= 15 is 0 Å². The molecule has 9 nitrogen and oxygen atoms in total. The highest BCUT2D eigenvalue weighted by Crippen LogP contribution is 2.37. The first-order valence-electron chi connectivity index (χ1n) is 14.5. The van der Waals surface area contributed by atoms with Crippen LogP contribution in [0.2, 0.25) is 0 Å². The van der Waals surface area contributed by atoms with Crippen LogP contribution in [0.15, 0.2) is 66.4 Å². The highest BCUT2D eigenvalue weighted by atomic mass is 16.5. The molecule has 0 saturated carbocycles. The maximum absolute atomic E-state index is 13.4. The van der Waals surface area contributed by atoms with Crippen LogP contribution in [-0.2, 0) is 6.54 Å². The van der Waals surface area contributed by atoms with Crippen molar-refractivity contribution in [2.45, 2.75) is 33.2 Å². The van der Waals surface area contributed by atoms with Crippen molar-refractivity contribution in [2.75, 3.05) is 45.0 Å². The molecule has 1 aliphatic heterocycles. The summed E-state index contributed by atoms with van der Waals surface area (Å²) >= 11 is 0. The van der Waals surface area contributed by atoms with Crippen LogP contribution in [0.3, 0.4) is 0 Å². The number of urea groups is 1. The summed E-state index contributed by atoms with van der Waals surface area (Å²) in [4.78, 5) is 28.2. The summed E-state index contributed by atoms with van der Waals surface area (Å²) in [6.45, 7) is 6.59. The van der Waals surface area contributed by atoms with Crippen LogP contribution < -0.4 is 24.8 Å². The lowest BCUT2D eigenvalue weighted by Crippen LogP contribution is -2.19. The SMILES string of the molecule is CCn1c(C)c(/C=C2\Oc3ccc(NC(=O)Nc4ccc(OCCCCN(C)C)cc4)cc3C2=O)c2cc(OC)ccc21. The quantitative estimate of drug-likeness (QED) is 0.147. The Labute approximate surface area is 252 Å². The van der Waals surface area contributed by atoms with Crippen LogP contribution in [0.25, 0.3) is 17.0 Å². The number of unbranched alkanes of at least 4 members (excludes halogenated alkanes) is 1. The van der Waals surface area contributed by atoms with Gasteiger partial charge in [-0.2, -0.15) is 0 Å². The topological polar surface area (TPSA) is 94.1 Å². The molecule has 9 heteroatoms. The molecule has 0 bridgehead atoms. The molecule has 0 spiro atoms. The molecule has 0 unspecified atom stereocenters. The maximum Gasteiger partial charge on any atom is 0.323 e. The van der Waals surface area contributed by atoms with Gasteiger partial charge in [0.15, 0.2) is 5.76 Å². The predicted molar refractivity (Wildman–Crippen MR) is 171 cm³/mol. The molecule has 5 rings (SSSR count). The van der Waals surface area contributed by atoms with Gasteiger partial charge in [-0.3, -0.25) is 4.79 Å². The largest absolute Gasteiger partial charge is 0.497 e. The number of carbonyl (C=O) groups is 2. The molecule has 0 aliphatic carbocycles. The molecule has 0 atom stereocenters. The van der Waals surface area contributed by atoms with E-state index in [9.17, 15) is 9.59 Å². The average molecular weight is 583 g/mol. The number of benzene rings is 3. The van der Waals surface area contributed by atoms with Gasteiger partial charge in [-0.15, -0.1) is 0 Å². The van der Waals surface area contributed by atoms with Crippen LogP contribution in [0.5, 0.6) is 17.2 Å². The fraction of sp³-hybridized carbons (Fsp3) is 0.294. The number of aromatic nitrogens is 1. The van der Waals surface area contributed by atoms with E-state index in [2.05, 4.69) is 41.1 Å². The number of Topliss-reactive ketones (excluding diaryl/α,β-unsaturated/α-hetero) is 1. The lowest BCUT2D eigenvalue weighted by molar-refractivity contribution is 0.101. The Morgan fingerprint density at radius 2 is 1.70 bits per heavy atom. The Kier molecular flexibility index (Phi) is 9.01. The number of methoxy groups -OCH3 is 1. The van der Waals surface area contributed by atoms with Gasteiger partial charge in [0, 0.05) is 40.1 Å². The van der Waals surface area contributed by atoms with Crippen molar-refractivity contribution in [3.05, 3.63) is 83.2 Å². The number of nitrogens with zero attached hydrogens (tertiary/aromatic N) is 2. The molecular formula is C34H38N4O5. The van der Waals surface area contributed by atoms with Crippen molar-refractivity contribution >= 4 is 40.2 Å². The van der Waals surface area contributed by atoms with E-state index in [0.717, 1.165) is 59.6 Å². The second kappa shape index (κ2) is 13.0. The number of allylic oxidation sites excluding steroid dienone is 1. The number of aryl methyl sites for hydroxylation is 1. The molecule has 0 saturated heterocycles. The Morgan fingerprint density at radius 1 is 0.977 bits per heavy atom. The smallest absolute Gasteiger partial charge is 0.323 e. The van der Waals surface area contributed by atoms with Gasteiger partial charge in [-0.1, -0.05) is 0 Å². The standard InChI is InChI=1S/C34H38N4O5/c1-6-38-22(2)27(28-20-26(41-5)14-15-30(28)38)21-32-33(39)29-19-24(11-16-31(29)43-32)36-34(40)35-23-9-12-25(13-10-23)42-18-8-7-17-37(3)4/h9-16,19-21H,6-8,17-18H2,1-5H3,(H2,35,36,40)/b32-21-. The molecule has 1 aromatic heterocycles. The van der Waals surface area contributed by atoms with Gasteiger partial charge in [-0.25, -0.2) is 4.79 Å². The number of carbonyl (C=O) groups excluding carboxylic acids is 2. The van der Waals surface area contributed by atoms with Crippen molar-refractivity contribution in [1.82, 2.24) is 9.47 Å². The minimum Gasteiger partial charge on any atom is -0.497 e. The van der Waals surface area contributed by atoms with Gasteiger partial charge >= 0.3 is 6.03 Å². The first-order valence-corrected chi connectivity index (χ1v) is 14.5. The van der Waals surface area contributed by atoms with E-state index in [1.807, 2.05) is 37.3 Å². The Bertz CT molecular complexity index is 1670. The Hall–Kier alpha value is -4.76. The second-order valence-corrected chi connectivity index (χ2v) is 10.7. The molecule has 1 aliphatic rings. The molecule has 2 heterocycles. The summed E-state index contributed by atoms with van der Waals surface area (Å²) in [6, 6.07) is 17.8. The number of hydrogen-bond acceptors (Lipinski definition) is 6. The van der Waals surface area contributed by atoms with Crippen molar-refractivity contribution < 1.29 is 23.8 Å². The van der Waals surface area contributed by atoms with Gasteiger partial charge in [0.05, 0.1) is 19.3 Å². The fourth-order valence-corrected chi connectivity index (χ4v) is 5.25. The number of anilines is 2. The summed E-state index contributed by atoms with van der Waals surface area (Å²) in [6.07, 6.45) is 3.84. The number of ether oxygens (including phenoxy) is 3. The van der Waals surface area contributed by atoms with Crippen LogP contribution in [-0.4, -0.2) is 55.6 Å². The molecule has 0 radical (unpaired) electrons. The summed E-state index contributed by atoms with van der Waals surface area (Å²) in [7, 11) is 5.75. The minimum atomic E-state index is -0.420. The van der Waals surface area contributed by atoms with Crippen molar-refractivity contribution in [3.8, 4) is 17.2 Å². The number of amides is 2. The first-order chi connectivity index (χ1) is 20.8. The van der Waals surface area contributed by atoms with Crippen LogP contribution in [0.1, 0.15) is 41.4 Å². The molecule has 3 aromatic carbocycles. The number of rotatable bonds is 11. The van der Waals surface area contributed by atoms with Crippen molar-refractivity contribution in [1.29, 1.82) is 0 Å². The van der Waals surface area contributed by atoms with E-state index in [4.69, 9.17) is 14.2 Å². The number of fused-ring (bicyclic) bond motifs is 2. The van der Waals surface area contributed by atoms with E-state index in [1.54, 1.807) is 43.5 Å². The van der Waals surface area contributed by atoms with Gasteiger partial charge in [0.25, 0.3) is 0 Å². The highest BCUT2D eigenvalue weighted by molar-refractivity contribution is 6.16. The third-order valence-electron chi connectivity index (χ3n) is 7.48. The van der Waals surface area contributed by atoms with Crippen LogP contribution in [0, 0.1) is 6.92 Å². The number of hydrogen-bond donors (Lipinski definition) is 2. The van der Waals surface area contributed by atoms with Crippen LogP contribution >= 0.6 is 0 Å². The molecule has 4 aromatic rings. The molecule has 0 fully saturated rings. The van der Waals surface area contributed by atoms with Crippen LogP contribution in [0.4, 0.5) is 16.2 Å². The summed E-state index contributed by atoms with van der Waals surface area (Å²) in [5.41, 5.74) is 4.50. The van der Waals surface area contributed by atoms with E-state index in [0.29, 0.717) is 29.3 Å². The number of ketones is 1. The molecule has 2 N–H and O–H groups in total. The second-order valence-electron chi connectivity index (χ2n) is 10.7. The Balaban J connectivity index is 1.24. The normalized spacial score (nSPS) is 13.3. The van der Waals surface area contributed by atoms with Crippen molar-refractivity contribution in [2.24, 2.45) is 0 Å². The molecule has 2 amide bonds.